The number of nitrogens with zero attached hydrogens (tertiary/aromatic N) is 1. The third-order valence-corrected chi connectivity index (χ3v) is 78.8. The minimum absolute atomic E-state index is 0.00925. The van der Waals surface area contributed by atoms with Crippen LogP contribution in [0.5, 0.6) is 0 Å². The first-order chi connectivity index (χ1) is 70.0. The highest BCUT2D eigenvalue weighted by molar-refractivity contribution is 6.77. The summed E-state index contributed by atoms with van der Waals surface area (Å²) in [4.78, 5) is 31.1. The van der Waals surface area contributed by atoms with Crippen molar-refractivity contribution in [3.8, 4) is 11.1 Å². The molecule has 0 unspecified atom stereocenters. The second kappa shape index (κ2) is 64.7. The van der Waals surface area contributed by atoms with E-state index >= 15 is 9.59 Å². The minimum Gasteiger partial charge on any atom is -0.462 e. The number of allylic oxidation sites excluding steroid dienone is 12. The van der Waals surface area contributed by atoms with Crippen molar-refractivity contribution in [3.05, 3.63) is 145 Å². The molecule has 20 nitrogen and oxygen atoms in total. The molecule has 6 rings (SSSR count). The molecule has 29 heteroatoms. The van der Waals surface area contributed by atoms with Gasteiger partial charge in [-0.25, -0.2) is 4.79 Å². The Morgan fingerprint density at radius 2 is 0.781 bits per heavy atom. The predicted octanol–water partition coefficient (Wildman–Crippen LogP) is 32.6. The van der Waals surface area contributed by atoms with E-state index in [-0.39, 0.29) is 61.5 Å². The van der Waals surface area contributed by atoms with Crippen molar-refractivity contribution in [1.82, 2.24) is 5.32 Å². The number of oxime groups is 1. The quantitative estimate of drug-likeness (QED) is 0.0207. The number of nitrogens with one attached hydrogen (secondary N) is 1. The number of fused-ring (bicyclic) bond motifs is 5. The summed E-state index contributed by atoms with van der Waals surface area (Å²) in [6.45, 7) is 70.8. The van der Waals surface area contributed by atoms with Crippen molar-refractivity contribution < 1.29 is 83.1 Å². The topological polar surface area (TPSA) is 217 Å². The number of amides is 1. The summed E-state index contributed by atoms with van der Waals surface area (Å²) in [6.07, 6.45) is 25.0. The van der Waals surface area contributed by atoms with E-state index in [0.29, 0.717) is 38.5 Å². The maximum Gasteiger partial charge on any atom is 0.407 e. The molecule has 19 atom stereocenters. The Bertz CT molecular complexity index is 4150. The lowest BCUT2D eigenvalue weighted by molar-refractivity contribution is -0.310. The number of hydrogen-bond acceptors (Lipinski definition) is 19. The van der Waals surface area contributed by atoms with Crippen LogP contribution in [0.25, 0.3) is 11.1 Å². The smallest absolute Gasteiger partial charge is 0.407 e. The largest absolute Gasteiger partial charge is 0.462 e. The zero-order chi connectivity index (χ0) is 108. The van der Waals surface area contributed by atoms with Crippen LogP contribution in [-0.2, 0) is 73.0 Å². The van der Waals surface area contributed by atoms with E-state index in [0.717, 1.165) is 185 Å². The number of benzene rings is 2. The number of alkyl carbamates (subject to hydrolysis) is 1. The van der Waals surface area contributed by atoms with Crippen LogP contribution in [0.3, 0.4) is 0 Å². The standard InChI is InChI=1S/C117H212N2O18Si9/c1-33-138(34-2,35-3)129-97-82-83-106(132-141(42-10,43-11)44-12)108(133-142(45-13,46-14)47-15)86-99(131-140(39-7,40-8)41-9)88-117(123-32)89-109(134-143(48-16,49-17)50-18)104(90-118-122)107(128-117)85-96(77-71-69-67-65-63-61-60-62-64-66-68-70-76-92(28)112(135-144(51-19,52-20)53-21)93(29)94(30)125-110(120)87-98(84-97)130-139(36-4,37-5)38-6)127-115-114(137-146(57-25,58-26)59-27)111(113(95(31)126-115)136-145(54-22,55-23)56-24)119-116(121)124-91-105-102-80-74-72-78-100(102)101-79-73-75-81-103(101)105/h60-81,90,92-99,104-109,111-115,122H,33-59,82-89,91H2,1-32H3,(H,119,121)/b61-60?,64-62?,65-63?,68-66?,69-67?,76-70?,77-71?,118-90-/t92-,93-,94-,95+,96-,97+,98+,99-,104-,106+,107-,108+,109-,111-,112+,113+,114-,115-,117+/m0/s1. The Morgan fingerprint density at radius 1 is 0.411 bits per heavy atom. The zero-order valence-corrected chi connectivity index (χ0v) is 107. The number of rotatable bonds is 52. The zero-order valence-electron chi connectivity index (χ0n) is 98.0. The molecule has 2 fully saturated rings. The lowest BCUT2D eigenvalue weighted by Gasteiger charge is -2.52. The lowest BCUT2D eigenvalue weighted by atomic mass is 9.83. The Morgan fingerprint density at radius 3 is 1.21 bits per heavy atom. The number of carbonyl (C=O) groups excluding carboxylic acids is 2. The van der Waals surface area contributed by atoms with Crippen molar-refractivity contribution >= 4 is 93.1 Å². The number of esters is 1. The van der Waals surface area contributed by atoms with E-state index in [2.05, 4.69) is 304 Å². The Labute approximate surface area is 900 Å². The van der Waals surface area contributed by atoms with Gasteiger partial charge in [0.1, 0.15) is 18.8 Å². The molecule has 4 aliphatic rings. The summed E-state index contributed by atoms with van der Waals surface area (Å²) in [6, 6.07) is 40.6. The van der Waals surface area contributed by atoms with Gasteiger partial charge in [-0.2, -0.15) is 0 Å². The fraction of sp³-hybridized carbons (Fsp3) is 0.752. The normalized spacial score (nSPS) is 26.8. The Balaban J connectivity index is 1.75. The third-order valence-electron chi connectivity index (χ3n) is 36.7. The molecular weight excluding hydrogens is 1970 g/mol. The van der Waals surface area contributed by atoms with Gasteiger partial charge in [-0.15, -0.1) is 5.16 Å². The summed E-state index contributed by atoms with van der Waals surface area (Å²) in [7, 11) is -20.7. The Hall–Kier alpha value is -3.74. The summed E-state index contributed by atoms with van der Waals surface area (Å²) >= 11 is 0. The number of ether oxygens (including phenoxy) is 6. The third kappa shape index (κ3) is 35.6. The fourth-order valence-corrected chi connectivity index (χ4v) is 50.1. The molecule has 2 saturated heterocycles. The van der Waals surface area contributed by atoms with Crippen LogP contribution >= 0.6 is 0 Å². The second-order valence-corrected chi connectivity index (χ2v) is 85.6. The first-order valence-electron chi connectivity index (χ1n) is 58.8. The molecule has 146 heavy (non-hydrogen) atoms. The molecule has 3 heterocycles. The van der Waals surface area contributed by atoms with Crippen LogP contribution in [0.2, 0.25) is 163 Å². The molecule has 2 aromatic rings. The van der Waals surface area contributed by atoms with E-state index in [1.165, 1.54) is 0 Å². The molecule has 0 saturated carbocycles. The monoisotopic (exact) mass is 2190 g/mol. The molecule has 2 N–H and O–H groups in total. The predicted molar refractivity (Wildman–Crippen MR) is 633 cm³/mol. The molecule has 0 radical (unpaired) electrons. The molecule has 2 aromatic carbocycles. The maximum absolute atomic E-state index is 15.6. The van der Waals surface area contributed by atoms with Gasteiger partial charge in [0, 0.05) is 50.2 Å². The van der Waals surface area contributed by atoms with E-state index < -0.39 is 166 Å². The molecule has 0 spiro atoms. The average molecular weight is 2190 g/mol. The lowest BCUT2D eigenvalue weighted by Crippen LogP contribution is -2.69. The van der Waals surface area contributed by atoms with E-state index in [9.17, 15) is 5.21 Å². The van der Waals surface area contributed by atoms with Gasteiger partial charge >= 0.3 is 12.1 Å². The van der Waals surface area contributed by atoms with Crippen molar-refractivity contribution in [2.24, 2.45) is 22.9 Å². The summed E-state index contributed by atoms with van der Waals surface area (Å²) < 4.78 is 117. The molecule has 3 aliphatic heterocycles. The van der Waals surface area contributed by atoms with Gasteiger partial charge in [0.05, 0.1) is 79.7 Å². The van der Waals surface area contributed by atoms with Gasteiger partial charge in [0.25, 0.3) is 0 Å². The number of carbonyl (C=O) groups is 2. The SMILES string of the molecule is CC[Si](CC)(CC)O[C@@H]1CC[C@@H](O[Si](CC)(CC)CC)[C@H](O[Si](CC)(CC)CC)C[C@H](O[Si](CC)(CC)CC)C[C@]2(OC)C[C@H](O[Si](CC)(CC)CC)[C@@H](/C=N\O)[C@H](C[C@@H](O[C@@H]3O[C@H](C)[C@@H](O[Si](CC)(CC)CC)[C@H](NC(=O)OCC4c5ccccc5-c5ccccc54)[C@@H]3O[Si](CC)(CC)CC)C=CC=CC=CC=CC=CC=CC=C[C@H](C)[C@@H](O[Si](CC)(CC)CC)[C@@H](C)[C@H](C)OC(=O)C[C@H](O[Si](CC)(CC)CC)C1)O2. The Kier molecular flexibility index (Phi) is 58.0. The first-order valence-corrected chi connectivity index (χ1v) is 81.6. The minimum atomic E-state index is -2.70. The summed E-state index contributed by atoms with van der Waals surface area (Å²) in [5, 5.41) is 19.0. The average Bonchev–Trinajstić information content (AvgIpc) is 1.34. The van der Waals surface area contributed by atoms with E-state index in [1.807, 2.05) is 54.7 Å². The summed E-state index contributed by atoms with van der Waals surface area (Å²) in [5.41, 5.74) is 4.54. The van der Waals surface area contributed by atoms with Crippen molar-refractivity contribution in [2.75, 3.05) is 13.7 Å². The second-order valence-electron chi connectivity index (χ2n) is 43.1. The van der Waals surface area contributed by atoms with Crippen molar-refractivity contribution in [1.29, 1.82) is 0 Å². The van der Waals surface area contributed by atoms with Crippen LogP contribution in [0.15, 0.2) is 139 Å². The van der Waals surface area contributed by atoms with Gasteiger partial charge in [-0.1, -0.05) is 334 Å². The molecule has 834 valence electrons. The van der Waals surface area contributed by atoms with Crippen LogP contribution in [0, 0.1) is 17.8 Å². The van der Waals surface area contributed by atoms with Gasteiger partial charge < -0.3 is 78.8 Å². The highest BCUT2D eigenvalue weighted by Crippen LogP contribution is 2.49. The van der Waals surface area contributed by atoms with Crippen LogP contribution in [0.4, 0.5) is 4.79 Å². The maximum atomic E-state index is 15.6. The van der Waals surface area contributed by atoms with Crippen LogP contribution in [0.1, 0.15) is 283 Å². The molecule has 1 aliphatic carbocycles. The molecule has 0 aromatic heterocycles. The van der Waals surface area contributed by atoms with E-state index in [4.69, 9.17) is 68.3 Å². The van der Waals surface area contributed by atoms with Gasteiger partial charge in [0.2, 0.25) is 0 Å². The number of cyclic esters (lactones) is 1. The first kappa shape index (κ1) is 131. The van der Waals surface area contributed by atoms with Crippen LogP contribution in [-0.4, -0.2) is 210 Å². The highest BCUT2D eigenvalue weighted by atomic mass is 28.4. The number of methoxy groups -OCH3 is 1. The van der Waals surface area contributed by atoms with Gasteiger partial charge in [-0.3, -0.25) is 4.79 Å². The van der Waals surface area contributed by atoms with E-state index in [1.54, 1.807) is 13.3 Å². The molecular formula is C117H212N2O18Si9. The van der Waals surface area contributed by atoms with Gasteiger partial charge in [-0.05, 0) is 231 Å². The van der Waals surface area contributed by atoms with Crippen molar-refractivity contribution in [3.63, 3.8) is 0 Å². The molecule has 2 bridgehead atoms. The van der Waals surface area contributed by atoms with Crippen LogP contribution < -0.4 is 5.32 Å². The van der Waals surface area contributed by atoms with Crippen molar-refractivity contribution in [2.45, 2.75) is 533 Å². The molecule has 1 amide bonds. The summed E-state index contributed by atoms with van der Waals surface area (Å²) in [5.74, 6) is -2.56. The highest BCUT2D eigenvalue weighted by Gasteiger charge is 2.57. The fourth-order valence-electron chi connectivity index (χ4n) is 24.0. The number of hydrogen-bond donors (Lipinski definition) is 2. The van der Waals surface area contributed by atoms with Gasteiger partial charge in [0.15, 0.2) is 86.9 Å².